The smallest absolute Gasteiger partial charge is 0.261 e. The van der Waals surface area contributed by atoms with E-state index in [1.807, 2.05) is 0 Å². The fourth-order valence-electron chi connectivity index (χ4n) is 3.16. The van der Waals surface area contributed by atoms with Crippen LogP contribution in [-0.2, 0) is 10.8 Å². The van der Waals surface area contributed by atoms with Gasteiger partial charge in [-0.1, -0.05) is 25.0 Å². The summed E-state index contributed by atoms with van der Waals surface area (Å²) >= 11 is 0. The van der Waals surface area contributed by atoms with Gasteiger partial charge in [0.05, 0.1) is 11.1 Å². The van der Waals surface area contributed by atoms with Gasteiger partial charge in [0.15, 0.2) is 0 Å². The van der Waals surface area contributed by atoms with Crippen molar-refractivity contribution >= 4 is 22.6 Å². The molecule has 0 radical (unpaired) electrons. The van der Waals surface area contributed by atoms with Crippen LogP contribution in [0.1, 0.15) is 46.4 Å². The molecule has 21 heavy (non-hydrogen) atoms. The number of benzene rings is 1. The van der Waals surface area contributed by atoms with Crippen molar-refractivity contribution in [3.63, 3.8) is 0 Å². The molecule has 1 heterocycles. The first-order chi connectivity index (χ1) is 10.2. The van der Waals surface area contributed by atoms with Gasteiger partial charge in [-0.3, -0.25) is 18.7 Å². The molecule has 2 aliphatic rings. The lowest BCUT2D eigenvalue weighted by molar-refractivity contribution is 0.0664. The highest BCUT2D eigenvalue weighted by Gasteiger charge is 2.34. The van der Waals surface area contributed by atoms with E-state index in [0.29, 0.717) is 28.6 Å². The lowest BCUT2D eigenvalue weighted by Crippen LogP contribution is -2.34. The number of amides is 2. The first kappa shape index (κ1) is 14.4. The molecule has 1 fully saturated rings. The summed E-state index contributed by atoms with van der Waals surface area (Å²) in [7, 11) is -0.947. The largest absolute Gasteiger partial charge is 0.273 e. The van der Waals surface area contributed by atoms with Gasteiger partial charge in [0.25, 0.3) is 11.8 Å². The van der Waals surface area contributed by atoms with Crippen LogP contribution < -0.4 is 0 Å². The van der Waals surface area contributed by atoms with E-state index in [2.05, 4.69) is 0 Å². The minimum atomic E-state index is -0.947. The summed E-state index contributed by atoms with van der Waals surface area (Å²) in [5.74, 6) is 1.15. The van der Waals surface area contributed by atoms with Crippen LogP contribution in [0.5, 0.6) is 0 Å². The van der Waals surface area contributed by atoms with Gasteiger partial charge in [0.1, 0.15) is 0 Å². The van der Waals surface area contributed by atoms with Crippen LogP contribution in [-0.4, -0.2) is 39.0 Å². The summed E-state index contributed by atoms with van der Waals surface area (Å²) in [5, 5.41) is 0. The third kappa shape index (κ3) is 2.93. The number of nitrogens with zero attached hydrogens (tertiary/aromatic N) is 1. The van der Waals surface area contributed by atoms with Crippen LogP contribution >= 0.6 is 0 Å². The normalized spacial score (nSPS) is 20.1. The molecule has 112 valence electrons. The van der Waals surface area contributed by atoms with Crippen LogP contribution in [0.15, 0.2) is 24.3 Å². The summed E-state index contributed by atoms with van der Waals surface area (Å²) in [6, 6.07) is 6.85. The van der Waals surface area contributed by atoms with Crippen molar-refractivity contribution in [1.82, 2.24) is 4.90 Å². The Bertz CT molecular complexity index is 558. The van der Waals surface area contributed by atoms with Crippen LogP contribution in [0, 0.1) is 5.92 Å². The zero-order valence-electron chi connectivity index (χ0n) is 11.9. The second kappa shape index (κ2) is 6.10. The van der Waals surface area contributed by atoms with Gasteiger partial charge in [0.2, 0.25) is 0 Å². The van der Waals surface area contributed by atoms with Crippen molar-refractivity contribution in [2.45, 2.75) is 25.7 Å². The highest BCUT2D eigenvalue weighted by molar-refractivity contribution is 7.85. The van der Waals surface area contributed by atoms with Crippen LogP contribution in [0.25, 0.3) is 0 Å². The third-order valence-electron chi connectivity index (χ3n) is 4.32. The molecule has 3 rings (SSSR count). The van der Waals surface area contributed by atoms with Gasteiger partial charge < -0.3 is 0 Å². The van der Waals surface area contributed by atoms with Gasteiger partial charge in [-0.25, -0.2) is 0 Å². The Balaban J connectivity index is 1.58. The molecule has 0 spiro atoms. The van der Waals surface area contributed by atoms with Gasteiger partial charge in [-0.2, -0.15) is 0 Å². The average Bonchev–Trinajstić information content (AvgIpc) is 3.07. The molecule has 5 heteroatoms. The third-order valence-corrected chi connectivity index (χ3v) is 5.80. The van der Waals surface area contributed by atoms with Gasteiger partial charge in [-0.15, -0.1) is 0 Å². The highest BCUT2D eigenvalue weighted by Crippen LogP contribution is 2.26. The molecular weight excluding hydrogens is 286 g/mol. The van der Waals surface area contributed by atoms with E-state index < -0.39 is 10.8 Å². The number of carbonyl (C=O) groups excluding carboxylic acids is 2. The topological polar surface area (TPSA) is 54.5 Å². The molecule has 0 bridgehead atoms. The highest BCUT2D eigenvalue weighted by atomic mass is 32.2. The SMILES string of the molecule is O=C1c2ccccc2C(=O)N1CCS(=O)CC1CCCC1. The molecule has 4 nitrogen and oxygen atoms in total. The summed E-state index contributed by atoms with van der Waals surface area (Å²) in [4.78, 5) is 25.6. The number of imide groups is 1. The molecule has 1 aromatic carbocycles. The van der Waals surface area contributed by atoms with Crippen LogP contribution in [0.3, 0.4) is 0 Å². The van der Waals surface area contributed by atoms with E-state index in [1.165, 1.54) is 30.6 Å². The van der Waals surface area contributed by atoms with Crippen molar-refractivity contribution in [1.29, 1.82) is 0 Å². The van der Waals surface area contributed by atoms with E-state index in [4.69, 9.17) is 0 Å². The fourth-order valence-corrected chi connectivity index (χ4v) is 4.57. The summed E-state index contributed by atoms with van der Waals surface area (Å²) < 4.78 is 12.1. The summed E-state index contributed by atoms with van der Waals surface area (Å²) in [5.41, 5.74) is 0.924. The number of fused-ring (bicyclic) bond motifs is 1. The Morgan fingerprint density at radius 2 is 1.62 bits per heavy atom. The Hall–Kier alpha value is -1.49. The maximum absolute atomic E-state index is 12.2. The Morgan fingerprint density at radius 3 is 2.19 bits per heavy atom. The number of hydrogen-bond donors (Lipinski definition) is 0. The Kier molecular flexibility index (Phi) is 4.19. The maximum atomic E-state index is 12.2. The minimum absolute atomic E-state index is 0.256. The van der Waals surface area contributed by atoms with E-state index in [1.54, 1.807) is 24.3 Å². The van der Waals surface area contributed by atoms with Crippen molar-refractivity contribution < 1.29 is 13.8 Å². The van der Waals surface area contributed by atoms with Crippen molar-refractivity contribution in [2.75, 3.05) is 18.1 Å². The van der Waals surface area contributed by atoms with E-state index in [-0.39, 0.29) is 18.4 Å². The molecule has 1 aliphatic heterocycles. The molecule has 2 amide bonds. The standard InChI is InChI=1S/C16H19NO3S/c18-15-13-7-3-4-8-14(13)16(19)17(15)9-10-21(20)11-12-5-1-2-6-12/h3-4,7-8,12H,1-2,5-6,9-11H2. The lowest BCUT2D eigenvalue weighted by Gasteiger charge is -2.14. The molecule has 1 saturated carbocycles. The van der Waals surface area contributed by atoms with Gasteiger partial charge in [0, 0.05) is 28.9 Å². The fraction of sp³-hybridized carbons (Fsp3) is 0.500. The van der Waals surface area contributed by atoms with E-state index in [0.717, 1.165) is 0 Å². The number of carbonyl (C=O) groups is 2. The predicted octanol–water partition coefficient (Wildman–Crippen LogP) is 2.22. The first-order valence-electron chi connectivity index (χ1n) is 7.47. The van der Waals surface area contributed by atoms with Crippen molar-refractivity contribution in [3.05, 3.63) is 35.4 Å². The van der Waals surface area contributed by atoms with Gasteiger partial charge >= 0.3 is 0 Å². The summed E-state index contributed by atoms with van der Waals surface area (Å²) in [6.45, 7) is 0.256. The quantitative estimate of drug-likeness (QED) is 0.784. The Labute approximate surface area is 127 Å². The molecule has 0 saturated heterocycles. The molecule has 1 unspecified atom stereocenters. The van der Waals surface area contributed by atoms with Crippen LogP contribution in [0.2, 0.25) is 0 Å². The van der Waals surface area contributed by atoms with Gasteiger partial charge in [-0.05, 0) is 30.9 Å². The minimum Gasteiger partial charge on any atom is -0.273 e. The zero-order chi connectivity index (χ0) is 14.8. The second-order valence-electron chi connectivity index (χ2n) is 5.77. The number of hydrogen-bond acceptors (Lipinski definition) is 3. The number of rotatable bonds is 5. The molecular formula is C16H19NO3S. The average molecular weight is 305 g/mol. The maximum Gasteiger partial charge on any atom is 0.261 e. The molecule has 1 atom stereocenters. The molecule has 0 N–H and O–H groups in total. The van der Waals surface area contributed by atoms with E-state index >= 15 is 0 Å². The van der Waals surface area contributed by atoms with Crippen LogP contribution in [0.4, 0.5) is 0 Å². The Morgan fingerprint density at radius 1 is 1.05 bits per heavy atom. The molecule has 1 aromatic rings. The van der Waals surface area contributed by atoms with E-state index in [9.17, 15) is 13.8 Å². The monoisotopic (exact) mass is 305 g/mol. The lowest BCUT2D eigenvalue weighted by atomic mass is 10.1. The zero-order valence-corrected chi connectivity index (χ0v) is 12.7. The van der Waals surface area contributed by atoms with Crippen molar-refractivity contribution in [2.24, 2.45) is 5.92 Å². The first-order valence-corrected chi connectivity index (χ1v) is 8.96. The second-order valence-corrected chi connectivity index (χ2v) is 7.39. The molecule has 0 aromatic heterocycles. The van der Waals surface area contributed by atoms with Crippen molar-refractivity contribution in [3.8, 4) is 0 Å². The summed E-state index contributed by atoms with van der Waals surface area (Å²) in [6.07, 6.45) is 4.80. The predicted molar refractivity (Wildman–Crippen MR) is 81.6 cm³/mol. The molecule has 1 aliphatic carbocycles.